The maximum Gasteiger partial charge on any atom is 0.341 e. The number of ether oxygens (including phenoxy) is 4. The number of hydrogen-bond acceptors (Lipinski definition) is 10. The first-order valence-corrected chi connectivity index (χ1v) is 9.95. The number of carboxylic acids is 2. The summed E-state index contributed by atoms with van der Waals surface area (Å²) < 4.78 is 20.4. The van der Waals surface area contributed by atoms with Crippen LogP contribution in [-0.2, 0) is 19.2 Å². The van der Waals surface area contributed by atoms with Crippen LogP contribution in [0.2, 0.25) is 0 Å². The van der Waals surface area contributed by atoms with E-state index in [4.69, 9.17) is 29.2 Å². The minimum Gasteiger partial charge on any atom is -0.493 e. The zero-order chi connectivity index (χ0) is 26.5. The number of hydrogen-bond donors (Lipinski definition) is 4. The zero-order valence-electron chi connectivity index (χ0n) is 19.1. The number of methoxy groups -OCH3 is 2. The molecule has 2 rings (SSSR count). The number of aliphatic carboxylic acids is 2. The number of hydrazone groups is 2. The Kier molecular flexibility index (Phi) is 10.2. The molecule has 0 radical (unpaired) electrons. The van der Waals surface area contributed by atoms with E-state index in [-0.39, 0.29) is 17.2 Å². The Balaban J connectivity index is 1.92. The standard InChI is InChI=1S/C22H22N4O10/c1-33-15-5-3-14(8-18(15)36-12-20(29)30)10-24-26-22(32)21(31)25-23-9-13-4-6-16(17(7-13)34-2)35-11-19(27)28/h3-10H,11-12H2,1-2H3,(H,25,31)(H,26,32)(H,27,28)(H,29,30)/b23-9-,24-10+. The Morgan fingerprint density at radius 3 is 1.64 bits per heavy atom. The molecule has 14 heteroatoms. The van der Waals surface area contributed by atoms with Crippen molar-refractivity contribution < 1.29 is 48.3 Å². The molecule has 0 saturated heterocycles. The number of nitrogens with one attached hydrogen (secondary N) is 2. The van der Waals surface area contributed by atoms with Gasteiger partial charge in [-0.05, 0) is 47.5 Å². The van der Waals surface area contributed by atoms with Crippen molar-refractivity contribution in [2.45, 2.75) is 0 Å². The highest BCUT2D eigenvalue weighted by Crippen LogP contribution is 2.28. The topological polar surface area (TPSA) is 194 Å². The Bertz CT molecular complexity index is 1180. The maximum atomic E-state index is 11.9. The number of rotatable bonds is 12. The normalized spacial score (nSPS) is 10.6. The van der Waals surface area contributed by atoms with E-state index in [0.717, 1.165) is 0 Å². The van der Waals surface area contributed by atoms with Crippen molar-refractivity contribution in [3.05, 3.63) is 47.5 Å². The summed E-state index contributed by atoms with van der Waals surface area (Å²) in [7, 11) is 2.76. The van der Waals surface area contributed by atoms with E-state index in [2.05, 4.69) is 10.2 Å². The van der Waals surface area contributed by atoms with Crippen LogP contribution in [0.15, 0.2) is 46.6 Å². The van der Waals surface area contributed by atoms with Gasteiger partial charge < -0.3 is 29.2 Å². The van der Waals surface area contributed by atoms with Crippen LogP contribution in [0.25, 0.3) is 0 Å². The summed E-state index contributed by atoms with van der Waals surface area (Å²) >= 11 is 0. The van der Waals surface area contributed by atoms with Gasteiger partial charge in [0.15, 0.2) is 36.2 Å². The molecule has 2 aromatic rings. The highest BCUT2D eigenvalue weighted by Gasteiger charge is 2.12. The molecule has 0 fully saturated rings. The van der Waals surface area contributed by atoms with Gasteiger partial charge in [-0.2, -0.15) is 10.2 Å². The molecule has 36 heavy (non-hydrogen) atoms. The third-order valence-electron chi connectivity index (χ3n) is 4.04. The highest BCUT2D eigenvalue weighted by atomic mass is 16.5. The molecule has 2 amide bonds. The van der Waals surface area contributed by atoms with E-state index < -0.39 is 37.0 Å². The van der Waals surface area contributed by atoms with E-state index >= 15 is 0 Å². The Morgan fingerprint density at radius 1 is 0.722 bits per heavy atom. The molecule has 0 aromatic heterocycles. The minimum absolute atomic E-state index is 0.153. The molecule has 4 N–H and O–H groups in total. The lowest BCUT2D eigenvalue weighted by Gasteiger charge is -2.09. The summed E-state index contributed by atoms with van der Waals surface area (Å²) in [5.41, 5.74) is 4.94. The smallest absolute Gasteiger partial charge is 0.341 e. The molecule has 2 aromatic carbocycles. The molecule has 0 heterocycles. The lowest BCUT2D eigenvalue weighted by Crippen LogP contribution is -2.35. The number of amides is 2. The van der Waals surface area contributed by atoms with Gasteiger partial charge in [0.05, 0.1) is 26.6 Å². The van der Waals surface area contributed by atoms with E-state index in [9.17, 15) is 19.2 Å². The summed E-state index contributed by atoms with van der Waals surface area (Å²) in [6.07, 6.45) is 2.44. The first-order valence-electron chi connectivity index (χ1n) is 9.95. The molecular formula is C22H22N4O10. The van der Waals surface area contributed by atoms with Crippen LogP contribution in [0, 0.1) is 0 Å². The fourth-order valence-electron chi connectivity index (χ4n) is 2.48. The van der Waals surface area contributed by atoms with Crippen molar-refractivity contribution >= 4 is 36.2 Å². The molecule has 0 saturated carbocycles. The summed E-state index contributed by atoms with van der Waals surface area (Å²) in [5, 5.41) is 24.8. The van der Waals surface area contributed by atoms with Crippen molar-refractivity contribution in [1.82, 2.24) is 10.9 Å². The van der Waals surface area contributed by atoms with Crippen molar-refractivity contribution in [2.24, 2.45) is 10.2 Å². The van der Waals surface area contributed by atoms with Crippen molar-refractivity contribution in [3.63, 3.8) is 0 Å². The third-order valence-corrected chi connectivity index (χ3v) is 4.04. The van der Waals surface area contributed by atoms with E-state index in [1.165, 1.54) is 57.0 Å². The first kappa shape index (κ1) is 27.1. The van der Waals surface area contributed by atoms with Crippen LogP contribution in [0.1, 0.15) is 11.1 Å². The zero-order valence-corrected chi connectivity index (χ0v) is 19.1. The summed E-state index contributed by atoms with van der Waals surface area (Å²) in [5.74, 6) is -3.62. The maximum absolute atomic E-state index is 11.9. The van der Waals surface area contributed by atoms with Crippen molar-refractivity contribution in [3.8, 4) is 23.0 Å². The van der Waals surface area contributed by atoms with Crippen molar-refractivity contribution in [2.75, 3.05) is 27.4 Å². The second-order valence-electron chi connectivity index (χ2n) is 6.58. The Morgan fingerprint density at radius 2 is 1.17 bits per heavy atom. The number of carbonyl (C=O) groups is 4. The van der Waals surface area contributed by atoms with Gasteiger partial charge in [-0.25, -0.2) is 20.4 Å². The van der Waals surface area contributed by atoms with Crippen LogP contribution < -0.4 is 29.8 Å². The Hall–Kier alpha value is -5.14. The second kappa shape index (κ2) is 13.5. The number of nitrogens with zero attached hydrogens (tertiary/aromatic N) is 2. The molecular weight excluding hydrogens is 480 g/mol. The SMILES string of the molecule is COc1cc(/C=N\NC(=O)C(=O)N/N=C/c2ccc(OC)c(OCC(=O)O)c2)ccc1OCC(=O)O. The van der Waals surface area contributed by atoms with E-state index in [1.807, 2.05) is 10.9 Å². The average Bonchev–Trinajstić information content (AvgIpc) is 2.86. The summed E-state index contributed by atoms with van der Waals surface area (Å²) in [6.45, 7) is -1.13. The van der Waals surface area contributed by atoms with Gasteiger partial charge in [0.25, 0.3) is 0 Å². The summed E-state index contributed by atoms with van der Waals surface area (Å²) in [4.78, 5) is 45.1. The molecule has 0 aliphatic carbocycles. The average molecular weight is 502 g/mol. The molecule has 0 spiro atoms. The van der Waals surface area contributed by atoms with Crippen LogP contribution in [0.5, 0.6) is 23.0 Å². The third kappa shape index (κ3) is 8.66. The van der Waals surface area contributed by atoms with Gasteiger partial charge >= 0.3 is 23.8 Å². The molecule has 190 valence electrons. The van der Waals surface area contributed by atoms with Gasteiger partial charge in [-0.3, -0.25) is 9.59 Å². The molecule has 0 aliphatic heterocycles. The van der Waals surface area contributed by atoms with Crippen LogP contribution >= 0.6 is 0 Å². The van der Waals surface area contributed by atoms with Crippen LogP contribution in [0.3, 0.4) is 0 Å². The quantitative estimate of drug-likeness (QED) is 0.177. The lowest BCUT2D eigenvalue weighted by atomic mass is 10.2. The molecule has 0 unspecified atom stereocenters. The molecule has 0 bridgehead atoms. The van der Waals surface area contributed by atoms with Crippen LogP contribution in [-0.4, -0.2) is 73.8 Å². The first-order chi connectivity index (χ1) is 17.2. The van der Waals surface area contributed by atoms with Gasteiger partial charge in [0.1, 0.15) is 0 Å². The predicted octanol–water partition coefficient (Wildman–Crippen LogP) is 0.231. The van der Waals surface area contributed by atoms with E-state index in [1.54, 1.807) is 6.07 Å². The Labute approximate surface area is 204 Å². The van der Waals surface area contributed by atoms with Gasteiger partial charge in [-0.15, -0.1) is 0 Å². The number of carbonyl (C=O) groups excluding carboxylic acids is 2. The fraction of sp³-hybridized carbons (Fsp3) is 0.182. The molecule has 0 aliphatic rings. The van der Waals surface area contributed by atoms with Gasteiger partial charge in [0.2, 0.25) is 0 Å². The van der Waals surface area contributed by atoms with E-state index in [0.29, 0.717) is 16.9 Å². The monoisotopic (exact) mass is 502 g/mol. The molecule has 14 nitrogen and oxygen atoms in total. The fourth-order valence-corrected chi connectivity index (χ4v) is 2.48. The highest BCUT2D eigenvalue weighted by molar-refractivity contribution is 6.35. The molecule has 0 atom stereocenters. The number of benzene rings is 2. The largest absolute Gasteiger partial charge is 0.493 e. The van der Waals surface area contributed by atoms with Crippen LogP contribution in [0.4, 0.5) is 0 Å². The second-order valence-corrected chi connectivity index (χ2v) is 6.58. The number of carboxylic acid groups (broad SMARTS) is 2. The lowest BCUT2D eigenvalue weighted by molar-refractivity contribution is -0.140. The minimum atomic E-state index is -1.17. The predicted molar refractivity (Wildman–Crippen MR) is 124 cm³/mol. The van der Waals surface area contributed by atoms with Gasteiger partial charge in [0, 0.05) is 0 Å². The van der Waals surface area contributed by atoms with Crippen molar-refractivity contribution in [1.29, 1.82) is 0 Å². The summed E-state index contributed by atoms with van der Waals surface area (Å²) in [6, 6.07) is 9.00. The van der Waals surface area contributed by atoms with Gasteiger partial charge in [-0.1, -0.05) is 0 Å².